The summed E-state index contributed by atoms with van der Waals surface area (Å²) in [5.74, 6) is 0.136. The van der Waals surface area contributed by atoms with Gasteiger partial charge in [-0.15, -0.1) is 11.3 Å². The van der Waals surface area contributed by atoms with Crippen LogP contribution in [0.2, 0.25) is 0 Å². The Morgan fingerprint density at radius 1 is 1.43 bits per heavy atom. The second-order valence-electron chi connectivity index (χ2n) is 5.20. The third kappa shape index (κ3) is 5.03. The number of nitro benzene ring substituents is 1. The highest BCUT2D eigenvalue weighted by molar-refractivity contribution is 7.11. The molecule has 0 radical (unpaired) electrons. The van der Waals surface area contributed by atoms with E-state index >= 15 is 0 Å². The molecule has 0 aliphatic carbocycles. The van der Waals surface area contributed by atoms with Crippen LogP contribution in [0.25, 0.3) is 0 Å². The minimum absolute atomic E-state index is 0.0115. The quantitative estimate of drug-likeness (QED) is 0.627. The van der Waals surface area contributed by atoms with Gasteiger partial charge in [-0.1, -0.05) is 19.1 Å². The molecule has 0 unspecified atom stereocenters. The number of nitro groups is 1. The number of non-ortho nitro benzene ring substituents is 1. The highest BCUT2D eigenvalue weighted by atomic mass is 32.1. The van der Waals surface area contributed by atoms with Gasteiger partial charge in [-0.3, -0.25) is 10.1 Å². The van der Waals surface area contributed by atoms with Crippen LogP contribution in [0.15, 0.2) is 30.5 Å². The van der Waals surface area contributed by atoms with Crippen molar-refractivity contribution in [2.24, 2.45) is 0 Å². The van der Waals surface area contributed by atoms with Gasteiger partial charge in [0.15, 0.2) is 0 Å². The summed E-state index contributed by atoms with van der Waals surface area (Å²) in [6.45, 7) is 4.71. The number of nitrogens with zero attached hydrogens (tertiary/aromatic N) is 2. The van der Waals surface area contributed by atoms with Gasteiger partial charge in [0.25, 0.3) is 5.69 Å². The number of thiazole rings is 1. The number of rotatable bonds is 6. The number of aromatic nitrogens is 1. The fourth-order valence-electron chi connectivity index (χ4n) is 1.96. The van der Waals surface area contributed by atoms with Gasteiger partial charge in [0.1, 0.15) is 0 Å². The number of urea groups is 1. The molecule has 0 aliphatic heterocycles. The molecule has 1 atom stereocenters. The van der Waals surface area contributed by atoms with Crippen LogP contribution < -0.4 is 10.6 Å². The fourth-order valence-corrected chi connectivity index (χ4v) is 2.78. The van der Waals surface area contributed by atoms with E-state index < -0.39 is 4.92 Å². The molecule has 2 N–H and O–H groups in total. The monoisotopic (exact) mass is 334 g/mol. The summed E-state index contributed by atoms with van der Waals surface area (Å²) >= 11 is 1.62. The molecule has 0 bridgehead atoms. The molecule has 0 aliphatic rings. The van der Waals surface area contributed by atoms with Crippen molar-refractivity contribution in [1.82, 2.24) is 15.6 Å². The predicted octanol–water partition coefficient (Wildman–Crippen LogP) is 2.96. The van der Waals surface area contributed by atoms with Crippen molar-refractivity contribution in [2.75, 3.05) is 6.54 Å². The Morgan fingerprint density at radius 2 is 2.22 bits per heavy atom. The zero-order valence-electron chi connectivity index (χ0n) is 12.9. The molecule has 8 heteroatoms. The number of nitrogens with one attached hydrogen (secondary N) is 2. The highest BCUT2D eigenvalue weighted by Gasteiger charge is 2.11. The van der Waals surface area contributed by atoms with E-state index in [1.807, 2.05) is 20.0 Å². The molecule has 1 aromatic carbocycles. The standard InChI is InChI=1S/C15H18N4O3S/c1-10(14-16-8-11(2)23-14)7-17-15(20)18-9-12-4-3-5-13(6-12)19(21)22/h3-6,8,10H,7,9H2,1-2H3,(H2,17,18,20)/t10-/m1/s1. The van der Waals surface area contributed by atoms with Crippen molar-refractivity contribution >= 4 is 23.1 Å². The summed E-state index contributed by atoms with van der Waals surface area (Å²) in [7, 11) is 0. The summed E-state index contributed by atoms with van der Waals surface area (Å²) in [6.07, 6.45) is 1.82. The van der Waals surface area contributed by atoms with Crippen LogP contribution in [0.4, 0.5) is 10.5 Å². The van der Waals surface area contributed by atoms with E-state index in [1.165, 1.54) is 12.1 Å². The lowest BCUT2D eigenvalue weighted by Crippen LogP contribution is -2.37. The number of hydrogen-bond donors (Lipinski definition) is 2. The molecule has 2 amide bonds. The Bertz CT molecular complexity index is 702. The molecule has 0 saturated heterocycles. The lowest BCUT2D eigenvalue weighted by atomic mass is 10.2. The number of benzene rings is 1. The van der Waals surface area contributed by atoms with E-state index in [1.54, 1.807) is 23.5 Å². The maximum absolute atomic E-state index is 11.8. The van der Waals surface area contributed by atoms with E-state index in [4.69, 9.17) is 0 Å². The predicted molar refractivity (Wildman–Crippen MR) is 88.6 cm³/mol. The van der Waals surface area contributed by atoms with E-state index in [0.717, 1.165) is 9.88 Å². The molecule has 23 heavy (non-hydrogen) atoms. The zero-order valence-corrected chi connectivity index (χ0v) is 13.7. The smallest absolute Gasteiger partial charge is 0.315 e. The largest absolute Gasteiger partial charge is 0.337 e. The molecule has 1 heterocycles. The first-order valence-corrected chi connectivity index (χ1v) is 7.94. The van der Waals surface area contributed by atoms with Crippen molar-refractivity contribution < 1.29 is 9.72 Å². The summed E-state index contributed by atoms with van der Waals surface area (Å²) in [4.78, 5) is 27.5. The lowest BCUT2D eigenvalue weighted by Gasteiger charge is -2.11. The van der Waals surface area contributed by atoms with Crippen LogP contribution in [0.1, 0.15) is 28.3 Å². The van der Waals surface area contributed by atoms with E-state index in [-0.39, 0.29) is 24.2 Å². The van der Waals surface area contributed by atoms with Gasteiger partial charge >= 0.3 is 6.03 Å². The average Bonchev–Trinajstić information content (AvgIpc) is 2.97. The van der Waals surface area contributed by atoms with Crippen LogP contribution in [-0.4, -0.2) is 22.5 Å². The summed E-state index contributed by atoms with van der Waals surface area (Å²) < 4.78 is 0. The Balaban J connectivity index is 1.79. The lowest BCUT2D eigenvalue weighted by molar-refractivity contribution is -0.384. The first-order chi connectivity index (χ1) is 11.0. The van der Waals surface area contributed by atoms with Crippen LogP contribution in [0.3, 0.4) is 0 Å². The van der Waals surface area contributed by atoms with E-state index in [0.29, 0.717) is 12.1 Å². The number of carbonyl (C=O) groups is 1. The maximum atomic E-state index is 11.8. The number of aryl methyl sites for hydroxylation is 1. The molecule has 0 spiro atoms. The van der Waals surface area contributed by atoms with Crippen LogP contribution >= 0.6 is 11.3 Å². The molecule has 2 aromatic rings. The molecule has 2 rings (SSSR count). The van der Waals surface area contributed by atoms with E-state index in [2.05, 4.69) is 15.6 Å². The second-order valence-corrected chi connectivity index (χ2v) is 6.47. The third-order valence-corrected chi connectivity index (χ3v) is 4.35. The van der Waals surface area contributed by atoms with E-state index in [9.17, 15) is 14.9 Å². The van der Waals surface area contributed by atoms with Gasteiger partial charge in [-0.25, -0.2) is 9.78 Å². The number of hydrogen-bond acceptors (Lipinski definition) is 5. The van der Waals surface area contributed by atoms with Crippen molar-refractivity contribution in [3.05, 3.63) is 56.0 Å². The minimum atomic E-state index is -0.457. The van der Waals surface area contributed by atoms with Gasteiger partial charge in [-0.2, -0.15) is 0 Å². The number of amides is 2. The maximum Gasteiger partial charge on any atom is 0.315 e. The van der Waals surface area contributed by atoms with Gasteiger partial charge in [0.2, 0.25) is 0 Å². The van der Waals surface area contributed by atoms with Crippen LogP contribution in [0.5, 0.6) is 0 Å². The minimum Gasteiger partial charge on any atom is -0.337 e. The first kappa shape index (κ1) is 16.9. The number of carbonyl (C=O) groups excluding carboxylic acids is 1. The molecule has 1 aromatic heterocycles. The Morgan fingerprint density at radius 3 is 2.87 bits per heavy atom. The fraction of sp³-hybridized carbons (Fsp3) is 0.333. The van der Waals surface area contributed by atoms with Gasteiger partial charge in [-0.05, 0) is 12.5 Å². The molecular formula is C15H18N4O3S. The Labute approximate surface area is 137 Å². The van der Waals surface area contributed by atoms with Gasteiger partial charge in [0, 0.05) is 42.2 Å². The second kappa shape index (κ2) is 7.68. The van der Waals surface area contributed by atoms with Crippen molar-refractivity contribution in [2.45, 2.75) is 26.3 Å². The van der Waals surface area contributed by atoms with Crippen molar-refractivity contribution in [3.63, 3.8) is 0 Å². The Kier molecular flexibility index (Phi) is 5.64. The average molecular weight is 334 g/mol. The zero-order chi connectivity index (χ0) is 16.8. The molecule has 0 fully saturated rings. The molecule has 7 nitrogen and oxygen atoms in total. The molecular weight excluding hydrogens is 316 g/mol. The SMILES string of the molecule is Cc1cnc([C@H](C)CNC(=O)NCc2cccc([N+](=O)[O-])c2)s1. The van der Waals surface area contributed by atoms with Crippen molar-refractivity contribution in [1.29, 1.82) is 0 Å². The molecule has 0 saturated carbocycles. The first-order valence-electron chi connectivity index (χ1n) is 7.13. The molecule has 122 valence electrons. The van der Waals surface area contributed by atoms with Gasteiger partial charge < -0.3 is 10.6 Å². The summed E-state index contributed by atoms with van der Waals surface area (Å²) in [5.41, 5.74) is 0.690. The van der Waals surface area contributed by atoms with Crippen LogP contribution in [-0.2, 0) is 6.54 Å². The van der Waals surface area contributed by atoms with Crippen LogP contribution in [0, 0.1) is 17.0 Å². The normalized spacial score (nSPS) is 11.7. The summed E-state index contributed by atoms with van der Waals surface area (Å²) in [6, 6.07) is 5.88. The Hall–Kier alpha value is -2.48. The highest BCUT2D eigenvalue weighted by Crippen LogP contribution is 2.20. The summed E-state index contributed by atoms with van der Waals surface area (Å²) in [5, 5.41) is 17.2. The topological polar surface area (TPSA) is 97.2 Å². The van der Waals surface area contributed by atoms with Gasteiger partial charge in [0.05, 0.1) is 9.93 Å². The third-order valence-electron chi connectivity index (χ3n) is 3.20. The van der Waals surface area contributed by atoms with Crippen molar-refractivity contribution in [3.8, 4) is 0 Å².